The van der Waals surface area contributed by atoms with Crippen LogP contribution < -0.4 is 0 Å². The highest BCUT2D eigenvalue weighted by atomic mass is 35.5. The van der Waals surface area contributed by atoms with Crippen LogP contribution in [0, 0.1) is 0 Å². The summed E-state index contributed by atoms with van der Waals surface area (Å²) in [5, 5.41) is 25.9. The van der Waals surface area contributed by atoms with Gasteiger partial charge in [-0.25, -0.2) is 9.59 Å². The summed E-state index contributed by atoms with van der Waals surface area (Å²) >= 11 is 11.8. The molecule has 0 aromatic heterocycles. The van der Waals surface area contributed by atoms with Crippen molar-refractivity contribution < 1.29 is 19.8 Å². The maximum Gasteiger partial charge on any atom is 0.335 e. The van der Waals surface area contributed by atoms with Crippen molar-refractivity contribution in [3.8, 4) is 0 Å². The number of aromatic carboxylic acids is 2. The molecular formula is C14H8Cl2N2O4. The van der Waals surface area contributed by atoms with Crippen LogP contribution in [0.5, 0.6) is 0 Å². The van der Waals surface area contributed by atoms with E-state index in [1.165, 1.54) is 36.4 Å². The van der Waals surface area contributed by atoms with Gasteiger partial charge in [0.05, 0.1) is 21.2 Å². The number of benzene rings is 2. The highest BCUT2D eigenvalue weighted by molar-refractivity contribution is 6.33. The Labute approximate surface area is 134 Å². The van der Waals surface area contributed by atoms with Crippen LogP contribution in [-0.4, -0.2) is 22.2 Å². The minimum atomic E-state index is -1.13. The van der Waals surface area contributed by atoms with Crippen molar-refractivity contribution in [2.45, 2.75) is 0 Å². The van der Waals surface area contributed by atoms with E-state index in [4.69, 9.17) is 33.4 Å². The lowest BCUT2D eigenvalue weighted by Gasteiger charge is -2.01. The Morgan fingerprint density at radius 1 is 0.773 bits per heavy atom. The Morgan fingerprint density at radius 2 is 1.14 bits per heavy atom. The number of halogens is 2. The van der Waals surface area contributed by atoms with E-state index >= 15 is 0 Å². The van der Waals surface area contributed by atoms with E-state index in [1.807, 2.05) is 0 Å². The molecule has 6 nitrogen and oxygen atoms in total. The Balaban J connectivity index is 2.40. The molecule has 2 aromatic rings. The van der Waals surface area contributed by atoms with Crippen LogP contribution >= 0.6 is 23.2 Å². The summed E-state index contributed by atoms with van der Waals surface area (Å²) in [6.45, 7) is 0. The van der Waals surface area contributed by atoms with Gasteiger partial charge in [0.25, 0.3) is 0 Å². The summed E-state index contributed by atoms with van der Waals surface area (Å²) in [6.07, 6.45) is 0. The molecule has 0 aliphatic carbocycles. The molecule has 2 N–H and O–H groups in total. The van der Waals surface area contributed by atoms with Crippen molar-refractivity contribution in [3.05, 3.63) is 57.6 Å². The molecule has 0 aliphatic heterocycles. The number of carboxylic acids is 2. The standard InChI is InChI=1S/C14H8Cl2N2O4/c15-9-3-1-7(13(19)20)5-11(9)17-18-12-6-8(14(21)22)2-4-10(12)16/h1-6H,(H,19,20)(H,21,22). The normalized spacial score (nSPS) is 10.8. The molecule has 0 spiro atoms. The first-order chi connectivity index (χ1) is 10.4. The van der Waals surface area contributed by atoms with Crippen LogP contribution in [0.15, 0.2) is 46.6 Å². The first kappa shape index (κ1) is 15.9. The van der Waals surface area contributed by atoms with Crippen LogP contribution in [0.2, 0.25) is 10.0 Å². The number of carbonyl (C=O) groups is 2. The average molecular weight is 339 g/mol. The third kappa shape index (κ3) is 3.60. The van der Waals surface area contributed by atoms with Crippen LogP contribution in [-0.2, 0) is 0 Å². The van der Waals surface area contributed by atoms with E-state index in [-0.39, 0.29) is 32.5 Å². The lowest BCUT2D eigenvalue weighted by atomic mass is 10.2. The molecule has 0 fully saturated rings. The van der Waals surface area contributed by atoms with Gasteiger partial charge in [0, 0.05) is 0 Å². The van der Waals surface area contributed by atoms with Gasteiger partial charge in [0.1, 0.15) is 11.4 Å². The van der Waals surface area contributed by atoms with Gasteiger partial charge in [-0.3, -0.25) is 0 Å². The van der Waals surface area contributed by atoms with E-state index < -0.39 is 11.9 Å². The van der Waals surface area contributed by atoms with Crippen molar-refractivity contribution in [2.24, 2.45) is 10.2 Å². The maximum atomic E-state index is 10.9. The fourth-order valence-corrected chi connectivity index (χ4v) is 1.86. The molecular weight excluding hydrogens is 331 g/mol. The Morgan fingerprint density at radius 3 is 1.45 bits per heavy atom. The summed E-state index contributed by atoms with van der Waals surface area (Å²) < 4.78 is 0. The van der Waals surface area contributed by atoms with E-state index in [0.29, 0.717) is 0 Å². The summed E-state index contributed by atoms with van der Waals surface area (Å²) in [5.74, 6) is -2.25. The molecule has 2 aromatic carbocycles. The molecule has 0 heterocycles. The highest BCUT2D eigenvalue weighted by Crippen LogP contribution is 2.31. The van der Waals surface area contributed by atoms with E-state index in [2.05, 4.69) is 10.2 Å². The van der Waals surface area contributed by atoms with Gasteiger partial charge in [-0.1, -0.05) is 23.2 Å². The SMILES string of the molecule is O=C(O)c1ccc(Cl)c(N=Nc2cc(C(=O)O)ccc2Cl)c1. The van der Waals surface area contributed by atoms with Crippen molar-refractivity contribution in [3.63, 3.8) is 0 Å². The lowest BCUT2D eigenvalue weighted by molar-refractivity contribution is 0.0686. The fourth-order valence-electron chi connectivity index (χ4n) is 1.55. The van der Waals surface area contributed by atoms with Gasteiger partial charge >= 0.3 is 11.9 Å². The Kier molecular flexibility index (Phi) is 4.75. The third-order valence-corrected chi connectivity index (χ3v) is 3.29. The van der Waals surface area contributed by atoms with Gasteiger partial charge in [-0.15, -0.1) is 10.2 Å². The van der Waals surface area contributed by atoms with Gasteiger partial charge < -0.3 is 10.2 Å². The number of carboxylic acid groups (broad SMARTS) is 2. The number of hydrogen-bond acceptors (Lipinski definition) is 4. The quantitative estimate of drug-likeness (QED) is 0.781. The zero-order valence-electron chi connectivity index (χ0n) is 10.8. The van der Waals surface area contributed by atoms with E-state index in [1.54, 1.807) is 0 Å². The van der Waals surface area contributed by atoms with Crippen LogP contribution in [0.4, 0.5) is 11.4 Å². The minimum absolute atomic E-state index is 0.00346. The largest absolute Gasteiger partial charge is 0.478 e. The Hall–Kier alpha value is -2.44. The zero-order valence-corrected chi connectivity index (χ0v) is 12.3. The number of rotatable bonds is 4. The third-order valence-electron chi connectivity index (χ3n) is 2.65. The molecule has 0 atom stereocenters. The second kappa shape index (κ2) is 6.55. The van der Waals surface area contributed by atoms with Gasteiger partial charge in [0.15, 0.2) is 0 Å². The van der Waals surface area contributed by atoms with Crippen LogP contribution in [0.25, 0.3) is 0 Å². The molecule has 0 aliphatic rings. The van der Waals surface area contributed by atoms with Gasteiger partial charge in [-0.2, -0.15) is 0 Å². The van der Waals surface area contributed by atoms with E-state index in [0.717, 1.165) is 0 Å². The van der Waals surface area contributed by atoms with Crippen molar-refractivity contribution in [2.75, 3.05) is 0 Å². The first-order valence-corrected chi connectivity index (χ1v) is 6.61. The second-order valence-corrected chi connectivity index (χ2v) is 4.96. The smallest absolute Gasteiger partial charge is 0.335 e. The Bertz CT molecular complexity index is 725. The number of azo groups is 1. The molecule has 2 rings (SSSR count). The minimum Gasteiger partial charge on any atom is -0.478 e. The topological polar surface area (TPSA) is 99.3 Å². The van der Waals surface area contributed by atoms with Crippen LogP contribution in [0.3, 0.4) is 0 Å². The molecule has 0 unspecified atom stereocenters. The summed E-state index contributed by atoms with van der Waals surface area (Å²) in [5.41, 5.74) is 0.282. The molecule has 0 saturated heterocycles. The van der Waals surface area contributed by atoms with E-state index in [9.17, 15) is 9.59 Å². The molecule has 22 heavy (non-hydrogen) atoms. The number of nitrogens with zero attached hydrogens (tertiary/aromatic N) is 2. The monoisotopic (exact) mass is 338 g/mol. The summed E-state index contributed by atoms with van der Waals surface area (Å²) in [4.78, 5) is 21.8. The van der Waals surface area contributed by atoms with Crippen LogP contribution in [0.1, 0.15) is 20.7 Å². The van der Waals surface area contributed by atoms with Crippen molar-refractivity contribution in [1.29, 1.82) is 0 Å². The average Bonchev–Trinajstić information content (AvgIpc) is 2.47. The number of hydrogen-bond donors (Lipinski definition) is 2. The second-order valence-electron chi connectivity index (χ2n) is 4.14. The molecule has 0 amide bonds. The molecule has 112 valence electrons. The predicted octanol–water partition coefficient (Wildman–Crippen LogP) is 4.81. The van der Waals surface area contributed by atoms with Gasteiger partial charge in [-0.05, 0) is 36.4 Å². The predicted molar refractivity (Wildman–Crippen MR) is 81.0 cm³/mol. The summed E-state index contributed by atoms with van der Waals surface area (Å²) in [6, 6.07) is 7.94. The first-order valence-electron chi connectivity index (χ1n) is 5.86. The molecule has 0 bridgehead atoms. The molecule has 0 saturated carbocycles. The van der Waals surface area contributed by atoms with Crippen molar-refractivity contribution >= 4 is 46.5 Å². The zero-order chi connectivity index (χ0) is 16.3. The summed E-state index contributed by atoms with van der Waals surface area (Å²) in [7, 11) is 0. The fraction of sp³-hybridized carbons (Fsp3) is 0. The van der Waals surface area contributed by atoms with Crippen molar-refractivity contribution in [1.82, 2.24) is 0 Å². The maximum absolute atomic E-state index is 10.9. The van der Waals surface area contributed by atoms with Gasteiger partial charge in [0.2, 0.25) is 0 Å². The molecule has 0 radical (unpaired) electrons. The highest BCUT2D eigenvalue weighted by Gasteiger charge is 2.09. The lowest BCUT2D eigenvalue weighted by Crippen LogP contribution is -1.95. The molecule has 8 heteroatoms.